The van der Waals surface area contributed by atoms with Gasteiger partial charge in [-0.05, 0) is 49.4 Å². The van der Waals surface area contributed by atoms with Crippen molar-refractivity contribution in [3.63, 3.8) is 0 Å². The first-order chi connectivity index (χ1) is 17.6. The van der Waals surface area contributed by atoms with Crippen molar-refractivity contribution in [2.45, 2.75) is 50.6 Å². The van der Waals surface area contributed by atoms with Crippen molar-refractivity contribution in [1.82, 2.24) is 15.1 Å². The molecule has 1 aliphatic carbocycles. The van der Waals surface area contributed by atoms with E-state index in [-0.39, 0.29) is 30.2 Å². The van der Waals surface area contributed by atoms with E-state index in [2.05, 4.69) is 22.3 Å². The van der Waals surface area contributed by atoms with Crippen molar-refractivity contribution in [3.8, 4) is 0 Å². The number of nitrogens with zero attached hydrogens (tertiary/aromatic N) is 3. The molecular formula is C29H36N4O3. The maximum absolute atomic E-state index is 13.4. The molecule has 2 saturated heterocycles. The SMILES string of the molecule is O=C(NCCC(=O)N1CCN(c2ccccc2)CC1)C1CC2CCCCC2N1C(=O)c1ccccc1. The zero-order valence-electron chi connectivity index (χ0n) is 20.9. The number of carbonyl (C=O) groups excluding carboxylic acids is 3. The van der Waals surface area contributed by atoms with Gasteiger partial charge in [0.25, 0.3) is 5.91 Å². The summed E-state index contributed by atoms with van der Waals surface area (Å²) in [5.41, 5.74) is 1.81. The van der Waals surface area contributed by atoms with Crippen LogP contribution < -0.4 is 10.2 Å². The van der Waals surface area contributed by atoms with Gasteiger partial charge in [-0.3, -0.25) is 14.4 Å². The number of fused-ring (bicyclic) bond motifs is 1. The van der Waals surface area contributed by atoms with E-state index < -0.39 is 6.04 Å². The Morgan fingerprint density at radius 3 is 2.22 bits per heavy atom. The third-order valence-electron chi connectivity index (χ3n) is 8.04. The van der Waals surface area contributed by atoms with E-state index >= 15 is 0 Å². The Morgan fingerprint density at radius 1 is 0.833 bits per heavy atom. The molecule has 1 saturated carbocycles. The molecule has 36 heavy (non-hydrogen) atoms. The second-order valence-electron chi connectivity index (χ2n) is 10.2. The van der Waals surface area contributed by atoms with Gasteiger partial charge in [0, 0.05) is 56.4 Å². The molecule has 7 heteroatoms. The molecule has 3 amide bonds. The predicted molar refractivity (Wildman–Crippen MR) is 140 cm³/mol. The molecule has 7 nitrogen and oxygen atoms in total. The number of rotatable bonds is 6. The van der Waals surface area contributed by atoms with Crippen molar-refractivity contribution in [2.24, 2.45) is 5.92 Å². The Hall–Kier alpha value is -3.35. The molecule has 3 fully saturated rings. The lowest BCUT2D eigenvalue weighted by Crippen LogP contribution is -2.51. The Bertz CT molecular complexity index is 1050. The van der Waals surface area contributed by atoms with Crippen molar-refractivity contribution in [1.29, 1.82) is 0 Å². The van der Waals surface area contributed by atoms with Crippen molar-refractivity contribution >= 4 is 23.4 Å². The molecule has 2 aliphatic heterocycles. The number of nitrogens with one attached hydrogen (secondary N) is 1. The van der Waals surface area contributed by atoms with Crippen LogP contribution in [0, 0.1) is 5.92 Å². The Morgan fingerprint density at radius 2 is 1.50 bits per heavy atom. The Balaban J connectivity index is 1.14. The third kappa shape index (κ3) is 5.25. The topological polar surface area (TPSA) is 73.0 Å². The van der Waals surface area contributed by atoms with Crippen LogP contribution >= 0.6 is 0 Å². The third-order valence-corrected chi connectivity index (χ3v) is 8.04. The highest BCUT2D eigenvalue weighted by Gasteiger charge is 2.47. The van der Waals surface area contributed by atoms with Crippen LogP contribution in [0.25, 0.3) is 0 Å². The zero-order valence-corrected chi connectivity index (χ0v) is 20.9. The number of benzene rings is 2. The maximum atomic E-state index is 13.4. The van der Waals surface area contributed by atoms with Crippen LogP contribution in [-0.4, -0.2) is 72.3 Å². The van der Waals surface area contributed by atoms with Gasteiger partial charge in [-0.2, -0.15) is 0 Å². The van der Waals surface area contributed by atoms with Gasteiger partial charge in [-0.15, -0.1) is 0 Å². The molecule has 0 spiro atoms. The number of piperazine rings is 1. The first-order valence-electron chi connectivity index (χ1n) is 13.3. The summed E-state index contributed by atoms with van der Waals surface area (Å²) in [6.07, 6.45) is 5.28. The standard InChI is InChI=1S/C29H36N4O3/c34-27(32-19-17-31(18-20-32)24-12-5-2-6-13-24)15-16-30-28(35)26-21-23-11-7-8-14-25(23)33(26)29(36)22-9-3-1-4-10-22/h1-6,9-10,12-13,23,25-26H,7-8,11,14-21H2,(H,30,35). The van der Waals surface area contributed by atoms with E-state index in [0.29, 0.717) is 37.5 Å². The van der Waals surface area contributed by atoms with Gasteiger partial charge >= 0.3 is 0 Å². The molecule has 0 radical (unpaired) electrons. The molecule has 3 aliphatic rings. The van der Waals surface area contributed by atoms with Gasteiger partial charge in [-0.1, -0.05) is 49.2 Å². The fourth-order valence-electron chi connectivity index (χ4n) is 6.14. The monoisotopic (exact) mass is 488 g/mol. The van der Waals surface area contributed by atoms with E-state index in [1.54, 1.807) is 0 Å². The highest BCUT2D eigenvalue weighted by Crippen LogP contribution is 2.40. The van der Waals surface area contributed by atoms with Gasteiger partial charge in [0.1, 0.15) is 6.04 Å². The quantitative estimate of drug-likeness (QED) is 0.677. The number of hydrogen-bond acceptors (Lipinski definition) is 4. The molecule has 190 valence electrons. The van der Waals surface area contributed by atoms with Crippen LogP contribution in [-0.2, 0) is 9.59 Å². The van der Waals surface area contributed by atoms with Crippen LogP contribution in [0.3, 0.4) is 0 Å². The molecule has 3 atom stereocenters. The lowest BCUT2D eigenvalue weighted by atomic mass is 9.84. The minimum Gasteiger partial charge on any atom is -0.368 e. The molecule has 5 rings (SSSR count). The summed E-state index contributed by atoms with van der Waals surface area (Å²) < 4.78 is 0. The van der Waals surface area contributed by atoms with Gasteiger partial charge < -0.3 is 20.0 Å². The summed E-state index contributed by atoms with van der Waals surface area (Å²) in [6, 6.07) is 19.2. The van der Waals surface area contributed by atoms with Crippen LogP contribution in [0.5, 0.6) is 0 Å². The lowest BCUT2D eigenvalue weighted by molar-refractivity contribution is -0.131. The Kier molecular flexibility index (Phi) is 7.54. The molecule has 2 aromatic rings. The normalized spacial score (nSPS) is 23.8. The fourth-order valence-corrected chi connectivity index (χ4v) is 6.14. The van der Waals surface area contributed by atoms with Crippen LogP contribution in [0.4, 0.5) is 5.69 Å². The molecule has 0 bridgehead atoms. The van der Waals surface area contributed by atoms with Crippen molar-refractivity contribution in [2.75, 3.05) is 37.6 Å². The summed E-state index contributed by atoms with van der Waals surface area (Å²) in [4.78, 5) is 45.5. The Labute approximate surface area is 213 Å². The molecule has 1 N–H and O–H groups in total. The number of para-hydroxylation sites is 1. The van der Waals surface area contributed by atoms with E-state index in [1.807, 2.05) is 58.3 Å². The van der Waals surface area contributed by atoms with E-state index in [1.165, 1.54) is 5.69 Å². The largest absolute Gasteiger partial charge is 0.368 e. The predicted octanol–water partition coefficient (Wildman–Crippen LogP) is 3.32. The second-order valence-corrected chi connectivity index (χ2v) is 10.2. The first-order valence-corrected chi connectivity index (χ1v) is 13.3. The van der Waals surface area contributed by atoms with E-state index in [9.17, 15) is 14.4 Å². The van der Waals surface area contributed by atoms with Crippen LogP contribution in [0.1, 0.15) is 48.9 Å². The maximum Gasteiger partial charge on any atom is 0.254 e. The highest BCUT2D eigenvalue weighted by molar-refractivity contribution is 5.98. The van der Waals surface area contributed by atoms with E-state index in [4.69, 9.17) is 0 Å². The second kappa shape index (κ2) is 11.1. The number of hydrogen-bond donors (Lipinski definition) is 1. The average Bonchev–Trinajstić information content (AvgIpc) is 3.33. The summed E-state index contributed by atoms with van der Waals surface area (Å²) in [5.74, 6) is 0.262. The smallest absolute Gasteiger partial charge is 0.254 e. The van der Waals surface area contributed by atoms with Crippen LogP contribution in [0.15, 0.2) is 60.7 Å². The summed E-state index contributed by atoms with van der Waals surface area (Å²) in [5, 5.41) is 2.98. The number of amides is 3. The van der Waals surface area contributed by atoms with E-state index in [0.717, 1.165) is 38.8 Å². The molecule has 3 unspecified atom stereocenters. The average molecular weight is 489 g/mol. The van der Waals surface area contributed by atoms with Gasteiger partial charge in [-0.25, -0.2) is 0 Å². The number of likely N-dealkylation sites (tertiary alicyclic amines) is 1. The minimum atomic E-state index is -0.463. The highest BCUT2D eigenvalue weighted by atomic mass is 16.2. The van der Waals surface area contributed by atoms with Gasteiger partial charge in [0.2, 0.25) is 11.8 Å². The van der Waals surface area contributed by atoms with Gasteiger partial charge in [0.05, 0.1) is 0 Å². The molecule has 0 aromatic heterocycles. The summed E-state index contributed by atoms with van der Waals surface area (Å²) >= 11 is 0. The van der Waals surface area contributed by atoms with Crippen molar-refractivity contribution < 1.29 is 14.4 Å². The number of carbonyl (C=O) groups is 3. The summed E-state index contributed by atoms with van der Waals surface area (Å²) in [6.45, 7) is 3.29. The fraction of sp³-hybridized carbons (Fsp3) is 0.483. The zero-order chi connectivity index (χ0) is 24.9. The van der Waals surface area contributed by atoms with Crippen LogP contribution in [0.2, 0.25) is 0 Å². The molecule has 2 heterocycles. The summed E-state index contributed by atoms with van der Waals surface area (Å²) in [7, 11) is 0. The van der Waals surface area contributed by atoms with Crippen molar-refractivity contribution in [3.05, 3.63) is 66.2 Å². The lowest BCUT2D eigenvalue weighted by Gasteiger charge is -2.36. The molecule has 2 aromatic carbocycles. The first kappa shape index (κ1) is 24.3. The number of anilines is 1. The van der Waals surface area contributed by atoms with Gasteiger partial charge in [0.15, 0.2) is 0 Å². The molecular weight excluding hydrogens is 452 g/mol. The minimum absolute atomic E-state index is 0.0579.